The number of benzene rings is 3. The van der Waals surface area contributed by atoms with Crippen molar-refractivity contribution in [3.05, 3.63) is 102 Å². The number of amides is 3. The third kappa shape index (κ3) is 11.5. The molecule has 0 unspecified atom stereocenters. The summed E-state index contributed by atoms with van der Waals surface area (Å²) in [6, 6.07) is 25.6. The number of hydrogen-bond donors (Lipinski definition) is 1. The Morgan fingerprint density at radius 3 is 1.77 bits per heavy atom. The molecule has 1 N–H and O–H groups in total. The average Bonchev–Trinajstić information content (AvgIpc) is 3.69. The van der Waals surface area contributed by atoms with Gasteiger partial charge in [0, 0.05) is 42.4 Å². The summed E-state index contributed by atoms with van der Waals surface area (Å²) < 4.78 is 31.1. The van der Waals surface area contributed by atoms with Crippen LogP contribution in [0.15, 0.2) is 84.9 Å². The van der Waals surface area contributed by atoms with Gasteiger partial charge in [0.05, 0.1) is 23.8 Å². The molecule has 5 rings (SSSR count). The quantitative estimate of drug-likeness (QED) is 0.0829. The molecule has 3 aromatic carbocycles. The first kappa shape index (κ1) is 48.3. The zero-order chi connectivity index (χ0) is 45.8. The molecule has 2 heterocycles. The zero-order valence-corrected chi connectivity index (χ0v) is 40.7. The van der Waals surface area contributed by atoms with Crippen LogP contribution >= 0.6 is 0 Å². The van der Waals surface area contributed by atoms with E-state index >= 15 is 0 Å². The summed E-state index contributed by atoms with van der Waals surface area (Å²) in [5.41, 5.74) is 5.13. The van der Waals surface area contributed by atoms with E-state index in [1.807, 2.05) is 60.7 Å². The molecule has 62 heavy (non-hydrogen) atoms. The number of rotatable bonds is 17. The van der Waals surface area contributed by atoms with Crippen LogP contribution in [0.4, 0.5) is 10.1 Å². The maximum absolute atomic E-state index is 14.7. The molecule has 1 saturated heterocycles. The first-order valence-corrected chi connectivity index (χ1v) is 27.6. The van der Waals surface area contributed by atoms with Gasteiger partial charge in [-0.1, -0.05) is 104 Å². The number of aromatic nitrogens is 1. The lowest BCUT2D eigenvalue weighted by Gasteiger charge is -2.42. The number of para-hydroxylation sites is 1. The van der Waals surface area contributed by atoms with Crippen LogP contribution in [0.3, 0.4) is 0 Å². The van der Waals surface area contributed by atoms with Gasteiger partial charge in [0.25, 0.3) is 17.7 Å². The highest BCUT2D eigenvalue weighted by Gasteiger charge is 2.44. The van der Waals surface area contributed by atoms with Gasteiger partial charge in [-0.05, 0) is 103 Å². The van der Waals surface area contributed by atoms with Crippen LogP contribution in [0.25, 0.3) is 22.4 Å². The lowest BCUT2D eigenvalue weighted by atomic mass is 9.94. The summed E-state index contributed by atoms with van der Waals surface area (Å²) in [4.78, 5) is 58.6. The molecule has 334 valence electrons. The molecule has 1 aliphatic heterocycles. The van der Waals surface area contributed by atoms with Crippen molar-refractivity contribution in [2.45, 2.75) is 148 Å². The monoisotopic (exact) mass is 883 g/mol. The van der Waals surface area contributed by atoms with Crippen LogP contribution in [0, 0.1) is 5.82 Å². The zero-order valence-electron chi connectivity index (χ0n) is 38.7. The van der Waals surface area contributed by atoms with E-state index in [4.69, 9.17) is 13.7 Å². The number of halogens is 1. The Labute approximate surface area is 369 Å². The lowest BCUT2D eigenvalue weighted by Crippen LogP contribution is -2.48. The van der Waals surface area contributed by atoms with Crippen molar-refractivity contribution in [2.24, 2.45) is 0 Å². The number of carbonyl (C=O) groups is 4. The second kappa shape index (κ2) is 19.4. The number of carbonyl (C=O) groups excluding carboxylic acids is 4. The minimum absolute atomic E-state index is 0.00226. The average molecular weight is 884 g/mol. The number of nitrogens with one attached hydrogen (secondary N) is 1. The van der Waals surface area contributed by atoms with Gasteiger partial charge < -0.3 is 23.6 Å². The molecule has 13 heteroatoms. The van der Waals surface area contributed by atoms with Gasteiger partial charge in [-0.15, -0.1) is 5.06 Å². The lowest BCUT2D eigenvalue weighted by molar-refractivity contribution is -0.198. The van der Waals surface area contributed by atoms with Crippen LogP contribution in [0.2, 0.25) is 36.3 Å². The Morgan fingerprint density at radius 1 is 0.742 bits per heavy atom. The van der Waals surface area contributed by atoms with Crippen LogP contribution < -0.4 is 5.32 Å². The summed E-state index contributed by atoms with van der Waals surface area (Å²) in [5.74, 6) is -2.56. The summed E-state index contributed by atoms with van der Waals surface area (Å²) >= 11 is 0. The third-order valence-corrected chi connectivity index (χ3v) is 21.7. The number of nitrogens with zero attached hydrogens (tertiary/aromatic N) is 2. The molecule has 3 amide bonds. The maximum Gasteiger partial charge on any atom is 0.335 e. The van der Waals surface area contributed by atoms with E-state index in [0.29, 0.717) is 35.7 Å². The largest absolute Gasteiger partial charge is 0.414 e. The second-order valence-corrected chi connectivity index (χ2v) is 29.3. The van der Waals surface area contributed by atoms with E-state index in [2.05, 4.69) is 91.5 Å². The Kier molecular flexibility index (Phi) is 15.1. The van der Waals surface area contributed by atoms with E-state index in [0.717, 1.165) is 28.1 Å². The number of hydroxylamine groups is 2. The smallest absolute Gasteiger partial charge is 0.335 e. The van der Waals surface area contributed by atoms with E-state index in [9.17, 15) is 23.6 Å². The summed E-state index contributed by atoms with van der Waals surface area (Å²) in [7, 11) is -4.97. The first-order chi connectivity index (χ1) is 28.9. The molecular weight excluding hydrogens is 818 g/mol. The Bertz CT molecular complexity index is 2190. The molecule has 0 saturated carbocycles. The van der Waals surface area contributed by atoms with Crippen LogP contribution in [0.5, 0.6) is 0 Å². The standard InChI is InChI=1S/C49H66FN3O7Si2/c1-33(2)45-44(47(57)51-37-21-17-14-18-22-37)43(34-19-15-13-16-20-34)46(35-23-25-36(50)26-24-35)52(45)30-29-38(59-61(9,10)48(3,4)5)31-39(60-62(11,12)49(6,7)8)32-42(56)58-53-40(54)27-28-41(53)55/h13-26,33,38-39H,27-32H2,1-12H3,(H,51,57)/t38-,39+/m1/s1. The predicted octanol–water partition coefficient (Wildman–Crippen LogP) is 11.9. The predicted molar refractivity (Wildman–Crippen MR) is 249 cm³/mol. The van der Waals surface area contributed by atoms with Gasteiger partial charge in [-0.25, -0.2) is 9.18 Å². The Balaban J connectivity index is 1.66. The molecule has 0 bridgehead atoms. The molecule has 1 fully saturated rings. The Hall–Kier alpha value is -4.70. The van der Waals surface area contributed by atoms with Crippen molar-refractivity contribution in [1.29, 1.82) is 0 Å². The molecule has 0 radical (unpaired) electrons. The minimum atomic E-state index is -2.50. The van der Waals surface area contributed by atoms with E-state index in [1.165, 1.54) is 12.1 Å². The topological polar surface area (TPSA) is 116 Å². The van der Waals surface area contributed by atoms with Gasteiger partial charge in [-0.3, -0.25) is 14.4 Å². The van der Waals surface area contributed by atoms with Crippen molar-refractivity contribution in [3.8, 4) is 22.4 Å². The van der Waals surface area contributed by atoms with E-state index in [-0.39, 0.29) is 47.0 Å². The molecule has 1 aromatic heterocycles. The second-order valence-electron chi connectivity index (χ2n) is 19.8. The molecular formula is C49H66FN3O7Si2. The normalized spacial score (nSPS) is 15.0. The first-order valence-electron chi connectivity index (χ1n) is 21.8. The fourth-order valence-corrected chi connectivity index (χ4v) is 10.1. The van der Waals surface area contributed by atoms with Crippen molar-refractivity contribution >= 4 is 46.0 Å². The summed E-state index contributed by atoms with van der Waals surface area (Å²) in [5, 5.41) is 3.38. The Morgan fingerprint density at radius 2 is 1.26 bits per heavy atom. The van der Waals surface area contributed by atoms with Crippen LogP contribution in [-0.4, -0.2) is 62.2 Å². The highest BCUT2D eigenvalue weighted by Crippen LogP contribution is 2.44. The molecule has 10 nitrogen and oxygen atoms in total. The third-order valence-electron chi connectivity index (χ3n) is 12.6. The number of hydrogen-bond acceptors (Lipinski definition) is 7. The van der Waals surface area contributed by atoms with E-state index in [1.54, 1.807) is 12.1 Å². The van der Waals surface area contributed by atoms with Gasteiger partial charge in [0.2, 0.25) is 0 Å². The van der Waals surface area contributed by atoms with Crippen molar-refractivity contribution in [2.75, 3.05) is 5.32 Å². The molecule has 1 aliphatic rings. The number of anilines is 1. The summed E-state index contributed by atoms with van der Waals surface area (Å²) in [6.45, 7) is 26.1. The minimum Gasteiger partial charge on any atom is -0.414 e. The molecule has 0 spiro atoms. The van der Waals surface area contributed by atoms with Crippen molar-refractivity contribution in [3.63, 3.8) is 0 Å². The number of imide groups is 1. The van der Waals surface area contributed by atoms with E-state index < -0.39 is 46.6 Å². The van der Waals surface area contributed by atoms with Gasteiger partial charge in [0.15, 0.2) is 16.6 Å². The molecule has 0 aliphatic carbocycles. The van der Waals surface area contributed by atoms with Gasteiger partial charge in [0.1, 0.15) is 5.82 Å². The highest BCUT2D eigenvalue weighted by molar-refractivity contribution is 6.74. The van der Waals surface area contributed by atoms with Gasteiger partial charge in [-0.2, -0.15) is 0 Å². The summed E-state index contributed by atoms with van der Waals surface area (Å²) in [6.07, 6.45) is -0.492. The van der Waals surface area contributed by atoms with Crippen molar-refractivity contribution in [1.82, 2.24) is 9.63 Å². The highest BCUT2D eigenvalue weighted by atomic mass is 28.4. The van der Waals surface area contributed by atoms with Crippen molar-refractivity contribution < 1.29 is 37.3 Å². The fourth-order valence-electron chi connectivity index (χ4n) is 7.34. The van der Waals surface area contributed by atoms with Gasteiger partial charge >= 0.3 is 5.97 Å². The van der Waals surface area contributed by atoms with Crippen LogP contribution in [-0.2, 0) is 34.6 Å². The van der Waals surface area contributed by atoms with Crippen LogP contribution in [0.1, 0.15) is 109 Å². The fraction of sp³-hybridized carbons (Fsp3) is 0.469. The molecule has 4 aromatic rings. The maximum atomic E-state index is 14.7. The molecule has 2 atom stereocenters. The SMILES string of the molecule is CC(C)c1c(C(=O)Nc2ccccc2)c(-c2ccccc2)c(-c2ccc(F)cc2)n1CC[C@H](C[C@@H](CC(=O)ON1C(=O)CCC1=O)O[Si](C)(C)C(C)(C)C)O[Si](C)(C)C(C)(C)C.